The summed E-state index contributed by atoms with van der Waals surface area (Å²) in [6, 6.07) is 2.72. The monoisotopic (exact) mass is 247 g/mol. The highest BCUT2D eigenvalue weighted by molar-refractivity contribution is 5.86. The summed E-state index contributed by atoms with van der Waals surface area (Å²) in [6.07, 6.45) is -2.41. The van der Waals surface area contributed by atoms with Crippen molar-refractivity contribution < 1.29 is 22.7 Å². The van der Waals surface area contributed by atoms with Crippen molar-refractivity contribution in [2.45, 2.75) is 19.4 Å². The number of esters is 1. The molecule has 96 valence electrons. The first-order chi connectivity index (χ1) is 7.95. The lowest BCUT2D eigenvalue weighted by Crippen LogP contribution is -2.27. The molecule has 1 rings (SSSR count). The maximum absolute atomic E-state index is 12.2. The fourth-order valence-corrected chi connectivity index (χ4v) is 1.38. The van der Waals surface area contributed by atoms with Crippen LogP contribution in [0.4, 0.5) is 8.78 Å². The van der Waals surface area contributed by atoms with Gasteiger partial charge in [-0.05, 0) is 26.1 Å². The molecule has 0 aromatic carbocycles. The van der Waals surface area contributed by atoms with Crippen LogP contribution in [0, 0.1) is 0 Å². The van der Waals surface area contributed by atoms with Crippen LogP contribution in [0.25, 0.3) is 0 Å². The molecule has 1 atom stereocenters. The van der Waals surface area contributed by atoms with Crippen molar-refractivity contribution in [1.82, 2.24) is 4.90 Å². The van der Waals surface area contributed by atoms with Gasteiger partial charge in [-0.25, -0.2) is 13.6 Å². The smallest absolute Gasteiger partial charge is 0.373 e. The molecule has 0 saturated carbocycles. The number of ether oxygens (including phenoxy) is 1. The first-order valence-electron chi connectivity index (χ1n) is 5.12. The van der Waals surface area contributed by atoms with E-state index in [-0.39, 0.29) is 18.3 Å². The molecule has 4 nitrogen and oxygen atoms in total. The predicted molar refractivity (Wildman–Crippen MR) is 57.1 cm³/mol. The average Bonchev–Trinajstić information content (AvgIpc) is 2.75. The van der Waals surface area contributed by atoms with E-state index < -0.39 is 12.4 Å². The van der Waals surface area contributed by atoms with Crippen molar-refractivity contribution in [2.24, 2.45) is 0 Å². The number of methoxy groups -OCH3 is 1. The minimum absolute atomic E-state index is 0.0693. The van der Waals surface area contributed by atoms with Gasteiger partial charge in [0, 0.05) is 0 Å². The molecule has 0 spiro atoms. The molecule has 17 heavy (non-hydrogen) atoms. The van der Waals surface area contributed by atoms with Crippen LogP contribution in [0.5, 0.6) is 0 Å². The van der Waals surface area contributed by atoms with Gasteiger partial charge in [-0.15, -0.1) is 0 Å². The van der Waals surface area contributed by atoms with Gasteiger partial charge in [0.05, 0.1) is 19.7 Å². The first kappa shape index (κ1) is 13.6. The van der Waals surface area contributed by atoms with E-state index in [1.807, 2.05) is 0 Å². The Balaban J connectivity index is 2.72. The van der Waals surface area contributed by atoms with Gasteiger partial charge in [0.1, 0.15) is 5.76 Å². The number of carbonyl (C=O) groups excluding carboxylic acids is 1. The lowest BCUT2D eigenvalue weighted by atomic mass is 10.2. The lowest BCUT2D eigenvalue weighted by Gasteiger charge is -2.22. The number of nitrogens with zero attached hydrogens (tertiary/aromatic N) is 1. The van der Waals surface area contributed by atoms with Crippen molar-refractivity contribution in [2.75, 3.05) is 20.7 Å². The van der Waals surface area contributed by atoms with Crippen LogP contribution in [-0.2, 0) is 4.74 Å². The predicted octanol–water partition coefficient (Wildman–Crippen LogP) is 2.32. The molecule has 0 aliphatic heterocycles. The number of hydrogen-bond donors (Lipinski definition) is 0. The zero-order valence-corrected chi connectivity index (χ0v) is 9.94. The fraction of sp³-hybridized carbons (Fsp3) is 0.545. The Morgan fingerprint density at radius 3 is 2.71 bits per heavy atom. The zero-order chi connectivity index (χ0) is 13.0. The molecule has 0 bridgehead atoms. The quantitative estimate of drug-likeness (QED) is 0.749. The van der Waals surface area contributed by atoms with Gasteiger partial charge in [0.2, 0.25) is 5.76 Å². The molecule has 0 saturated heterocycles. The molecule has 1 heterocycles. The Hall–Kier alpha value is -1.43. The number of hydrogen-bond acceptors (Lipinski definition) is 4. The molecule has 0 aliphatic rings. The second-order valence-corrected chi connectivity index (χ2v) is 3.70. The molecule has 0 amide bonds. The van der Waals surface area contributed by atoms with Crippen molar-refractivity contribution in [3.05, 3.63) is 23.7 Å². The normalized spacial score (nSPS) is 13.1. The van der Waals surface area contributed by atoms with Gasteiger partial charge >= 0.3 is 5.97 Å². The van der Waals surface area contributed by atoms with Gasteiger partial charge in [-0.2, -0.15) is 0 Å². The molecule has 0 fully saturated rings. The summed E-state index contributed by atoms with van der Waals surface area (Å²) in [4.78, 5) is 12.6. The van der Waals surface area contributed by atoms with E-state index in [9.17, 15) is 13.6 Å². The largest absolute Gasteiger partial charge is 0.463 e. The molecular formula is C11H15F2NO3. The Labute approximate surface area is 98.1 Å². The van der Waals surface area contributed by atoms with Crippen LogP contribution in [-0.4, -0.2) is 38.0 Å². The highest BCUT2D eigenvalue weighted by Crippen LogP contribution is 2.22. The summed E-state index contributed by atoms with van der Waals surface area (Å²) in [5.41, 5.74) is 0. The van der Waals surface area contributed by atoms with E-state index in [1.165, 1.54) is 18.1 Å². The topological polar surface area (TPSA) is 42.7 Å². The number of furan rings is 1. The van der Waals surface area contributed by atoms with E-state index in [2.05, 4.69) is 4.74 Å². The van der Waals surface area contributed by atoms with Crippen LogP contribution < -0.4 is 0 Å². The van der Waals surface area contributed by atoms with Gasteiger partial charge in [-0.3, -0.25) is 4.90 Å². The third kappa shape index (κ3) is 3.52. The number of carbonyl (C=O) groups is 1. The number of rotatable bonds is 5. The van der Waals surface area contributed by atoms with E-state index >= 15 is 0 Å². The SMILES string of the molecule is COC(=O)c1ccc(C(C)N(C)CC(F)F)o1. The average molecular weight is 247 g/mol. The van der Waals surface area contributed by atoms with E-state index in [1.54, 1.807) is 20.0 Å². The second-order valence-electron chi connectivity index (χ2n) is 3.70. The first-order valence-corrected chi connectivity index (χ1v) is 5.12. The van der Waals surface area contributed by atoms with Gasteiger partial charge in [-0.1, -0.05) is 0 Å². The molecule has 1 aromatic heterocycles. The fourth-order valence-electron chi connectivity index (χ4n) is 1.38. The summed E-state index contributed by atoms with van der Waals surface area (Å²) in [7, 11) is 2.81. The Morgan fingerprint density at radius 2 is 2.18 bits per heavy atom. The standard InChI is InChI=1S/C11H15F2NO3/c1-7(14(2)6-10(12)13)8-4-5-9(17-8)11(15)16-3/h4-5,7,10H,6H2,1-3H3. The van der Waals surface area contributed by atoms with E-state index in [0.29, 0.717) is 5.76 Å². The molecule has 0 aliphatic carbocycles. The number of halogens is 2. The molecule has 1 aromatic rings. The second kappa shape index (κ2) is 5.77. The maximum Gasteiger partial charge on any atom is 0.373 e. The van der Waals surface area contributed by atoms with Gasteiger partial charge < -0.3 is 9.15 Å². The molecule has 1 unspecified atom stereocenters. The summed E-state index contributed by atoms with van der Waals surface area (Å²) in [6.45, 7) is 1.37. The Morgan fingerprint density at radius 1 is 1.53 bits per heavy atom. The summed E-state index contributed by atoms with van der Waals surface area (Å²) in [5.74, 6) is -0.0618. The molecule has 0 N–H and O–H groups in total. The Bertz CT molecular complexity index is 379. The minimum atomic E-state index is -2.41. The van der Waals surface area contributed by atoms with Crippen LogP contribution in [0.2, 0.25) is 0 Å². The highest BCUT2D eigenvalue weighted by Gasteiger charge is 2.20. The van der Waals surface area contributed by atoms with Gasteiger partial charge in [0.25, 0.3) is 6.43 Å². The van der Waals surface area contributed by atoms with Crippen LogP contribution in [0.3, 0.4) is 0 Å². The third-order valence-electron chi connectivity index (χ3n) is 2.51. The lowest BCUT2D eigenvalue weighted by molar-refractivity contribution is 0.0550. The van der Waals surface area contributed by atoms with E-state index in [0.717, 1.165) is 0 Å². The van der Waals surface area contributed by atoms with Crippen molar-refractivity contribution in [3.63, 3.8) is 0 Å². The van der Waals surface area contributed by atoms with Gasteiger partial charge in [0.15, 0.2) is 0 Å². The minimum Gasteiger partial charge on any atom is -0.463 e. The molecule has 6 heteroatoms. The third-order valence-corrected chi connectivity index (χ3v) is 2.51. The van der Waals surface area contributed by atoms with Crippen molar-refractivity contribution in [3.8, 4) is 0 Å². The van der Waals surface area contributed by atoms with Crippen molar-refractivity contribution >= 4 is 5.97 Å². The van der Waals surface area contributed by atoms with Crippen LogP contribution in [0.1, 0.15) is 29.3 Å². The van der Waals surface area contributed by atoms with Crippen LogP contribution in [0.15, 0.2) is 16.5 Å². The summed E-state index contributed by atoms with van der Waals surface area (Å²) in [5, 5.41) is 0. The van der Waals surface area contributed by atoms with Crippen molar-refractivity contribution in [1.29, 1.82) is 0 Å². The molecule has 0 radical (unpaired) electrons. The maximum atomic E-state index is 12.2. The zero-order valence-electron chi connectivity index (χ0n) is 9.94. The van der Waals surface area contributed by atoms with E-state index in [4.69, 9.17) is 4.42 Å². The highest BCUT2D eigenvalue weighted by atomic mass is 19.3. The van der Waals surface area contributed by atoms with Crippen LogP contribution >= 0.6 is 0 Å². The number of alkyl halides is 2. The summed E-state index contributed by atoms with van der Waals surface area (Å²) < 4.78 is 34.1. The Kier molecular flexibility index (Phi) is 4.62. The molecular weight excluding hydrogens is 232 g/mol. The summed E-state index contributed by atoms with van der Waals surface area (Å²) >= 11 is 0.